The van der Waals surface area contributed by atoms with Crippen LogP contribution in [0.1, 0.15) is 25.3 Å². The lowest BCUT2D eigenvalue weighted by Crippen LogP contribution is -2.47. The Morgan fingerprint density at radius 1 is 1.44 bits per heavy atom. The van der Waals surface area contributed by atoms with Crippen molar-refractivity contribution in [2.24, 2.45) is 0 Å². The van der Waals surface area contributed by atoms with Gasteiger partial charge in [0, 0.05) is 12.1 Å². The first-order valence-electron chi connectivity index (χ1n) is 5.86. The van der Waals surface area contributed by atoms with E-state index in [1.165, 1.54) is 18.2 Å². The molecule has 1 fully saturated rings. The number of likely N-dealkylation sites (tertiary alicyclic amines) is 1. The first-order valence-corrected chi connectivity index (χ1v) is 5.86. The van der Waals surface area contributed by atoms with E-state index in [0.29, 0.717) is 13.0 Å². The molecule has 1 aliphatic rings. The predicted octanol–water partition coefficient (Wildman–Crippen LogP) is 2.40. The summed E-state index contributed by atoms with van der Waals surface area (Å²) >= 11 is 0. The molecular weight excluding hydrogens is 240 g/mol. The quantitative estimate of drug-likeness (QED) is 0.901. The molecule has 98 valence electrons. The lowest BCUT2D eigenvalue weighted by Gasteiger charge is -2.31. The normalized spacial score (nSPS) is 24.4. The van der Waals surface area contributed by atoms with Gasteiger partial charge in [-0.05, 0) is 38.4 Å². The molecule has 0 saturated carbocycles. The third kappa shape index (κ3) is 2.10. The van der Waals surface area contributed by atoms with Crippen LogP contribution >= 0.6 is 0 Å². The fourth-order valence-corrected chi connectivity index (χ4v) is 2.39. The van der Waals surface area contributed by atoms with Crippen molar-refractivity contribution >= 4 is 5.97 Å². The van der Waals surface area contributed by atoms with Crippen LogP contribution in [-0.4, -0.2) is 28.1 Å². The number of rotatable bonds is 3. The molecule has 1 unspecified atom stereocenters. The minimum absolute atomic E-state index is 0.0126. The molecule has 18 heavy (non-hydrogen) atoms. The van der Waals surface area contributed by atoms with Gasteiger partial charge in [-0.3, -0.25) is 9.69 Å². The number of halogens is 2. The molecule has 0 bridgehead atoms. The van der Waals surface area contributed by atoms with Gasteiger partial charge < -0.3 is 5.11 Å². The molecule has 1 heterocycles. The summed E-state index contributed by atoms with van der Waals surface area (Å²) in [6.07, 6.45) is 1.22. The highest BCUT2D eigenvalue weighted by Gasteiger charge is 2.43. The third-order valence-corrected chi connectivity index (χ3v) is 3.66. The molecule has 1 aliphatic heterocycles. The molecule has 0 aliphatic carbocycles. The summed E-state index contributed by atoms with van der Waals surface area (Å²) in [7, 11) is 0. The molecule has 1 aromatic carbocycles. The maximum absolute atomic E-state index is 13.5. The zero-order valence-electron chi connectivity index (χ0n) is 10.1. The van der Waals surface area contributed by atoms with Crippen molar-refractivity contribution < 1.29 is 18.7 Å². The minimum atomic E-state index is -1.03. The van der Waals surface area contributed by atoms with E-state index in [9.17, 15) is 18.7 Å². The molecule has 0 spiro atoms. The van der Waals surface area contributed by atoms with Crippen LogP contribution < -0.4 is 0 Å². The Morgan fingerprint density at radius 3 is 2.61 bits per heavy atom. The highest BCUT2D eigenvalue weighted by atomic mass is 19.1. The molecule has 0 amide bonds. The van der Waals surface area contributed by atoms with E-state index in [-0.39, 0.29) is 12.1 Å². The van der Waals surface area contributed by atoms with Crippen molar-refractivity contribution in [2.75, 3.05) is 6.54 Å². The molecule has 1 N–H and O–H groups in total. The van der Waals surface area contributed by atoms with Crippen LogP contribution in [0, 0.1) is 11.6 Å². The second-order valence-corrected chi connectivity index (χ2v) is 4.80. The number of carbonyl (C=O) groups is 1. The number of carboxylic acid groups (broad SMARTS) is 1. The molecule has 0 radical (unpaired) electrons. The number of aliphatic carboxylic acids is 1. The van der Waals surface area contributed by atoms with Gasteiger partial charge in [-0.25, -0.2) is 8.78 Å². The predicted molar refractivity (Wildman–Crippen MR) is 62.0 cm³/mol. The van der Waals surface area contributed by atoms with Gasteiger partial charge >= 0.3 is 5.97 Å². The molecular formula is C13H15F2NO2. The van der Waals surface area contributed by atoms with Crippen LogP contribution in [0.25, 0.3) is 0 Å². The monoisotopic (exact) mass is 255 g/mol. The van der Waals surface area contributed by atoms with E-state index in [1.807, 2.05) is 0 Å². The number of nitrogens with zero attached hydrogens (tertiary/aromatic N) is 1. The van der Waals surface area contributed by atoms with E-state index in [0.717, 1.165) is 6.42 Å². The van der Waals surface area contributed by atoms with E-state index in [1.54, 1.807) is 11.8 Å². The Labute approximate surface area is 104 Å². The van der Waals surface area contributed by atoms with Crippen molar-refractivity contribution in [1.82, 2.24) is 4.90 Å². The molecule has 2 rings (SSSR count). The molecule has 0 aromatic heterocycles. The Bertz CT molecular complexity index is 458. The summed E-state index contributed by atoms with van der Waals surface area (Å²) < 4.78 is 27.1. The fourth-order valence-electron chi connectivity index (χ4n) is 2.39. The van der Waals surface area contributed by atoms with Crippen molar-refractivity contribution in [2.45, 2.75) is 31.8 Å². The summed E-state index contributed by atoms with van der Waals surface area (Å²) in [5, 5.41) is 9.23. The van der Waals surface area contributed by atoms with Gasteiger partial charge in [0.15, 0.2) is 0 Å². The summed E-state index contributed by atoms with van der Waals surface area (Å²) in [6.45, 7) is 2.12. The maximum atomic E-state index is 13.5. The highest BCUT2D eigenvalue weighted by Crippen LogP contribution is 2.31. The number of carboxylic acids is 1. The van der Waals surface area contributed by atoms with Crippen LogP contribution in [0.3, 0.4) is 0 Å². The Kier molecular flexibility index (Phi) is 3.34. The number of benzene rings is 1. The standard InChI is InChI=1S/C13H15F2NO2/c1-13(12(17)18)6-3-7-16(13)8-9-10(14)4-2-5-11(9)15/h2,4-5H,3,6-8H2,1H3,(H,17,18). The number of hydrogen-bond acceptors (Lipinski definition) is 2. The van der Waals surface area contributed by atoms with Crippen LogP contribution in [0.4, 0.5) is 8.78 Å². The zero-order valence-corrected chi connectivity index (χ0v) is 10.1. The SMILES string of the molecule is CC1(C(=O)O)CCCN1Cc1c(F)cccc1F. The summed E-state index contributed by atoms with van der Waals surface area (Å²) in [5.74, 6) is -2.21. The van der Waals surface area contributed by atoms with Gasteiger partial charge in [0.05, 0.1) is 0 Å². The van der Waals surface area contributed by atoms with E-state index >= 15 is 0 Å². The average molecular weight is 255 g/mol. The smallest absolute Gasteiger partial charge is 0.323 e. The van der Waals surface area contributed by atoms with Gasteiger partial charge in [-0.15, -0.1) is 0 Å². The number of hydrogen-bond donors (Lipinski definition) is 1. The van der Waals surface area contributed by atoms with Gasteiger partial charge in [0.1, 0.15) is 17.2 Å². The third-order valence-electron chi connectivity index (χ3n) is 3.66. The van der Waals surface area contributed by atoms with E-state index < -0.39 is 23.1 Å². The second kappa shape index (κ2) is 4.65. The summed E-state index contributed by atoms with van der Waals surface area (Å²) in [5.41, 5.74) is -1.10. The Hall–Kier alpha value is -1.49. The van der Waals surface area contributed by atoms with Crippen molar-refractivity contribution in [3.8, 4) is 0 Å². The largest absolute Gasteiger partial charge is 0.480 e. The Morgan fingerprint density at radius 2 is 2.06 bits per heavy atom. The fraction of sp³-hybridized carbons (Fsp3) is 0.462. The lowest BCUT2D eigenvalue weighted by atomic mass is 9.98. The highest BCUT2D eigenvalue weighted by molar-refractivity contribution is 5.78. The van der Waals surface area contributed by atoms with Crippen LogP contribution in [0.15, 0.2) is 18.2 Å². The second-order valence-electron chi connectivity index (χ2n) is 4.80. The minimum Gasteiger partial charge on any atom is -0.480 e. The van der Waals surface area contributed by atoms with Gasteiger partial charge in [0.2, 0.25) is 0 Å². The maximum Gasteiger partial charge on any atom is 0.323 e. The molecule has 1 atom stereocenters. The first-order chi connectivity index (χ1) is 8.45. The average Bonchev–Trinajstić information content (AvgIpc) is 2.67. The Balaban J connectivity index is 2.26. The first kappa shape index (κ1) is 13.0. The van der Waals surface area contributed by atoms with Gasteiger partial charge in [-0.2, -0.15) is 0 Å². The van der Waals surface area contributed by atoms with Crippen LogP contribution in [-0.2, 0) is 11.3 Å². The van der Waals surface area contributed by atoms with Crippen LogP contribution in [0.5, 0.6) is 0 Å². The lowest BCUT2D eigenvalue weighted by molar-refractivity contribution is -0.149. The topological polar surface area (TPSA) is 40.5 Å². The van der Waals surface area contributed by atoms with E-state index in [4.69, 9.17) is 0 Å². The van der Waals surface area contributed by atoms with Gasteiger partial charge in [-0.1, -0.05) is 6.07 Å². The molecule has 5 heteroatoms. The summed E-state index contributed by atoms with van der Waals surface area (Å²) in [6, 6.07) is 3.67. The molecule has 1 saturated heterocycles. The van der Waals surface area contributed by atoms with Crippen LogP contribution in [0.2, 0.25) is 0 Å². The van der Waals surface area contributed by atoms with Crippen molar-refractivity contribution in [3.63, 3.8) is 0 Å². The molecule has 3 nitrogen and oxygen atoms in total. The zero-order chi connectivity index (χ0) is 13.3. The van der Waals surface area contributed by atoms with Crippen molar-refractivity contribution in [1.29, 1.82) is 0 Å². The molecule has 1 aromatic rings. The van der Waals surface area contributed by atoms with E-state index in [2.05, 4.69) is 0 Å². The van der Waals surface area contributed by atoms with Gasteiger partial charge in [0.25, 0.3) is 0 Å². The van der Waals surface area contributed by atoms with Crippen molar-refractivity contribution in [3.05, 3.63) is 35.4 Å². The summed E-state index contributed by atoms with van der Waals surface area (Å²) in [4.78, 5) is 12.9.